The van der Waals surface area contributed by atoms with Crippen LogP contribution in [-0.2, 0) is 9.59 Å². The summed E-state index contributed by atoms with van der Waals surface area (Å²) in [6.07, 6.45) is 1.75. The number of allylic oxidation sites excluding steroid dienone is 1. The number of benzene rings is 2. The summed E-state index contributed by atoms with van der Waals surface area (Å²) in [5, 5.41) is 0. The Morgan fingerprint density at radius 2 is 1.37 bits per heavy atom. The summed E-state index contributed by atoms with van der Waals surface area (Å²) < 4.78 is 0. The van der Waals surface area contributed by atoms with Gasteiger partial charge in [-0.3, -0.25) is 9.59 Å². The van der Waals surface area contributed by atoms with Crippen LogP contribution in [0.1, 0.15) is 18.1 Å². The van der Waals surface area contributed by atoms with Gasteiger partial charge in [-0.1, -0.05) is 60.7 Å². The van der Waals surface area contributed by atoms with Gasteiger partial charge in [0.1, 0.15) is 0 Å². The first kappa shape index (κ1) is 13.0. The van der Waals surface area contributed by atoms with Crippen molar-refractivity contribution in [2.45, 2.75) is 6.92 Å². The third kappa shape index (κ3) is 3.26. The van der Waals surface area contributed by atoms with Gasteiger partial charge in [0.05, 0.1) is 0 Å². The Labute approximate surface area is 112 Å². The largest absolute Gasteiger partial charge is 0.291 e. The van der Waals surface area contributed by atoms with Crippen LogP contribution in [0.25, 0.3) is 11.6 Å². The second kappa shape index (κ2) is 5.91. The fourth-order valence-corrected chi connectivity index (χ4v) is 1.80. The lowest BCUT2D eigenvalue weighted by Gasteiger charge is -2.05. The van der Waals surface area contributed by atoms with Crippen molar-refractivity contribution in [1.82, 2.24) is 0 Å². The molecule has 0 N–H and O–H groups in total. The molecule has 0 spiro atoms. The number of Topliss-reactive ketones (excluding diaryl/α,β-unsaturated/α-hetero) is 2. The van der Waals surface area contributed by atoms with Crippen LogP contribution in [0.4, 0.5) is 0 Å². The van der Waals surface area contributed by atoms with Crippen LogP contribution >= 0.6 is 0 Å². The van der Waals surface area contributed by atoms with Gasteiger partial charge in [-0.15, -0.1) is 0 Å². The summed E-state index contributed by atoms with van der Waals surface area (Å²) in [6, 6.07) is 18.7. The molecule has 0 unspecified atom stereocenters. The van der Waals surface area contributed by atoms with Gasteiger partial charge in [0, 0.05) is 12.5 Å². The van der Waals surface area contributed by atoms with Crippen LogP contribution in [0, 0.1) is 0 Å². The monoisotopic (exact) mass is 250 g/mol. The first-order valence-corrected chi connectivity index (χ1v) is 6.06. The Morgan fingerprint density at radius 1 is 0.842 bits per heavy atom. The third-order valence-corrected chi connectivity index (χ3v) is 2.76. The highest BCUT2D eigenvalue weighted by atomic mass is 16.2. The Balaban J connectivity index is 2.50. The Hall–Kier alpha value is -2.48. The van der Waals surface area contributed by atoms with Crippen LogP contribution < -0.4 is 0 Å². The molecule has 0 radical (unpaired) electrons. The lowest BCUT2D eigenvalue weighted by Crippen LogP contribution is -2.11. The molecule has 0 atom stereocenters. The van der Waals surface area contributed by atoms with Crippen molar-refractivity contribution < 1.29 is 9.59 Å². The van der Waals surface area contributed by atoms with Crippen LogP contribution in [0.5, 0.6) is 0 Å². The van der Waals surface area contributed by atoms with Gasteiger partial charge in [-0.2, -0.15) is 0 Å². The topological polar surface area (TPSA) is 34.1 Å². The lowest BCUT2D eigenvalue weighted by molar-refractivity contribution is -0.131. The smallest absolute Gasteiger partial charge is 0.228 e. The fraction of sp³-hybridized carbons (Fsp3) is 0.0588. The van der Waals surface area contributed by atoms with Gasteiger partial charge in [-0.05, 0) is 17.2 Å². The van der Waals surface area contributed by atoms with E-state index in [9.17, 15) is 9.59 Å². The summed E-state index contributed by atoms with van der Waals surface area (Å²) in [5.74, 6) is -0.916. The van der Waals surface area contributed by atoms with Crippen LogP contribution in [0.2, 0.25) is 0 Å². The molecule has 0 aliphatic rings. The van der Waals surface area contributed by atoms with Crippen molar-refractivity contribution in [1.29, 1.82) is 0 Å². The van der Waals surface area contributed by atoms with E-state index in [1.54, 1.807) is 6.08 Å². The van der Waals surface area contributed by atoms with E-state index < -0.39 is 11.6 Å². The Kier molecular flexibility index (Phi) is 4.04. The molecule has 0 fully saturated rings. The molecule has 0 saturated carbocycles. The van der Waals surface area contributed by atoms with Crippen molar-refractivity contribution in [2.75, 3.05) is 0 Å². The summed E-state index contributed by atoms with van der Waals surface area (Å²) >= 11 is 0. The second-order valence-corrected chi connectivity index (χ2v) is 4.22. The highest BCUT2D eigenvalue weighted by Crippen LogP contribution is 2.19. The maximum atomic E-state index is 12.0. The molecule has 0 heterocycles. The summed E-state index contributed by atoms with van der Waals surface area (Å²) in [5.41, 5.74) is 2.09. The van der Waals surface area contributed by atoms with Gasteiger partial charge >= 0.3 is 0 Å². The maximum absolute atomic E-state index is 12.0. The predicted molar refractivity (Wildman–Crippen MR) is 76.4 cm³/mol. The lowest BCUT2D eigenvalue weighted by atomic mass is 9.97. The zero-order valence-corrected chi connectivity index (χ0v) is 10.7. The number of hydrogen-bond donors (Lipinski definition) is 0. The Morgan fingerprint density at radius 3 is 1.89 bits per heavy atom. The molecule has 2 aromatic rings. The zero-order chi connectivity index (χ0) is 13.7. The quantitative estimate of drug-likeness (QED) is 0.473. The molecule has 0 aliphatic heterocycles. The first-order chi connectivity index (χ1) is 9.18. The van der Waals surface area contributed by atoms with Crippen LogP contribution in [-0.4, -0.2) is 11.6 Å². The molecule has 2 heteroatoms. The first-order valence-electron chi connectivity index (χ1n) is 6.06. The molecule has 0 aromatic heterocycles. The standard InChI is InChI=1S/C17H14O2/c1-13(18)17(19)16(15-10-6-3-7-11-15)12-14-8-4-2-5-9-14/h2-12H,1H3/b16-12+. The highest BCUT2D eigenvalue weighted by Gasteiger charge is 2.16. The number of carbonyl (C=O) groups excluding carboxylic acids is 2. The molecule has 94 valence electrons. The molecule has 0 bridgehead atoms. The maximum Gasteiger partial charge on any atom is 0.228 e. The number of rotatable bonds is 4. The minimum Gasteiger partial charge on any atom is -0.291 e. The average Bonchev–Trinajstić information content (AvgIpc) is 2.46. The van der Waals surface area contributed by atoms with E-state index >= 15 is 0 Å². The number of hydrogen-bond acceptors (Lipinski definition) is 2. The van der Waals surface area contributed by atoms with E-state index in [0.29, 0.717) is 5.57 Å². The van der Waals surface area contributed by atoms with Gasteiger partial charge in [0.25, 0.3) is 0 Å². The van der Waals surface area contributed by atoms with E-state index in [1.807, 2.05) is 60.7 Å². The highest BCUT2D eigenvalue weighted by molar-refractivity contribution is 6.55. The minimum absolute atomic E-state index is 0.430. The summed E-state index contributed by atoms with van der Waals surface area (Å²) in [6.45, 7) is 1.30. The van der Waals surface area contributed by atoms with E-state index in [1.165, 1.54) is 6.92 Å². The van der Waals surface area contributed by atoms with Crippen LogP contribution in [0.3, 0.4) is 0 Å². The molecular formula is C17H14O2. The fourth-order valence-electron chi connectivity index (χ4n) is 1.80. The van der Waals surface area contributed by atoms with Gasteiger partial charge in [-0.25, -0.2) is 0 Å². The van der Waals surface area contributed by atoms with E-state index in [2.05, 4.69) is 0 Å². The number of ketones is 2. The molecule has 2 nitrogen and oxygen atoms in total. The molecular weight excluding hydrogens is 236 g/mol. The average molecular weight is 250 g/mol. The normalized spacial score (nSPS) is 11.1. The van der Waals surface area contributed by atoms with Crippen molar-refractivity contribution in [3.8, 4) is 0 Å². The van der Waals surface area contributed by atoms with E-state index in [0.717, 1.165) is 11.1 Å². The van der Waals surface area contributed by atoms with Crippen molar-refractivity contribution >= 4 is 23.2 Å². The van der Waals surface area contributed by atoms with Gasteiger partial charge in [0.15, 0.2) is 5.78 Å². The van der Waals surface area contributed by atoms with Crippen LogP contribution in [0.15, 0.2) is 60.7 Å². The third-order valence-electron chi connectivity index (χ3n) is 2.76. The minimum atomic E-state index is -0.463. The molecule has 0 amide bonds. The predicted octanol–water partition coefficient (Wildman–Crippen LogP) is 3.39. The Bertz CT molecular complexity index is 610. The molecule has 19 heavy (non-hydrogen) atoms. The molecule has 2 rings (SSSR count). The van der Waals surface area contributed by atoms with E-state index in [4.69, 9.17) is 0 Å². The number of carbonyl (C=O) groups is 2. The van der Waals surface area contributed by atoms with Crippen molar-refractivity contribution in [2.24, 2.45) is 0 Å². The zero-order valence-electron chi connectivity index (χ0n) is 10.7. The summed E-state index contributed by atoms with van der Waals surface area (Å²) in [7, 11) is 0. The molecule has 2 aromatic carbocycles. The summed E-state index contributed by atoms with van der Waals surface area (Å²) in [4.78, 5) is 23.4. The SMILES string of the molecule is CC(=O)C(=O)/C(=C/c1ccccc1)c1ccccc1. The van der Waals surface area contributed by atoms with Gasteiger partial charge in [0.2, 0.25) is 5.78 Å². The molecule has 0 saturated heterocycles. The van der Waals surface area contributed by atoms with Crippen molar-refractivity contribution in [3.05, 3.63) is 71.8 Å². The van der Waals surface area contributed by atoms with Gasteiger partial charge < -0.3 is 0 Å². The molecule has 0 aliphatic carbocycles. The van der Waals surface area contributed by atoms with E-state index in [-0.39, 0.29) is 0 Å². The second-order valence-electron chi connectivity index (χ2n) is 4.22. The van der Waals surface area contributed by atoms with Crippen molar-refractivity contribution in [3.63, 3.8) is 0 Å².